The van der Waals surface area contributed by atoms with Crippen LogP contribution in [0.4, 0.5) is 0 Å². The van der Waals surface area contributed by atoms with Crippen LogP contribution in [0.2, 0.25) is 0 Å². The summed E-state index contributed by atoms with van der Waals surface area (Å²) in [5, 5.41) is 5.35. The summed E-state index contributed by atoms with van der Waals surface area (Å²) in [7, 11) is 9.87. The minimum atomic E-state index is -0.826. The fourth-order valence-electron chi connectivity index (χ4n) is 7.00. The average molecular weight is 881 g/mol. The van der Waals surface area contributed by atoms with E-state index in [1.54, 1.807) is 0 Å². The molecular weight excluding hydrogens is 811 g/mol. The van der Waals surface area contributed by atoms with Crippen LogP contribution >= 0.6 is 17.0 Å². The summed E-state index contributed by atoms with van der Waals surface area (Å²) in [6, 6.07) is 37.5. The van der Waals surface area contributed by atoms with Crippen LogP contribution in [0, 0.1) is 0 Å². The van der Waals surface area contributed by atoms with E-state index in [0.717, 1.165) is 0 Å². The van der Waals surface area contributed by atoms with Crippen molar-refractivity contribution in [3.05, 3.63) is 130 Å². The first-order valence-corrected chi connectivity index (χ1v) is 27.0. The van der Waals surface area contributed by atoms with Gasteiger partial charge in [0, 0.05) is 0 Å². The number of hydrogen-bond acceptors (Lipinski definition) is 0. The topological polar surface area (TPSA) is 0 Å². The van der Waals surface area contributed by atoms with Gasteiger partial charge in [-0.2, -0.15) is 0 Å². The third-order valence-electron chi connectivity index (χ3n) is 11.1. The van der Waals surface area contributed by atoms with Gasteiger partial charge < -0.3 is 0 Å². The molecule has 0 fully saturated rings. The Balaban J connectivity index is 0.000000236. The molecule has 0 aromatic heterocycles. The fourth-order valence-corrected chi connectivity index (χ4v) is 7.00. The third kappa shape index (κ3) is 12.3. The first-order valence-electron chi connectivity index (χ1n) is 20.6. The maximum atomic E-state index is 4.93. The Kier molecular flexibility index (Phi) is 14.3. The summed E-state index contributed by atoms with van der Waals surface area (Å²) in [5.41, 5.74) is 14.7. The first-order chi connectivity index (χ1) is 25.9. The van der Waals surface area contributed by atoms with Crippen LogP contribution < -0.4 is 0 Å². The van der Waals surface area contributed by atoms with Crippen LogP contribution in [0.1, 0.15) is 158 Å². The SMILES string of the molecule is CC(C)(C)c1cc(-c2cc3cc(C(C)(C)C)ccc3[cH-]2)cc(C(C)(C)C)c1.CC(C)(C)c1cc(-c2cc3cc(C(C)(C)C)ccc3[cH-]2)cc(C(C)(C)C)c1.[Cl][Zr+2][Cl]. The van der Waals surface area contributed by atoms with E-state index in [1.807, 2.05) is 0 Å². The van der Waals surface area contributed by atoms with Crippen molar-refractivity contribution in [3.8, 4) is 22.3 Å². The van der Waals surface area contributed by atoms with E-state index in [2.05, 4.69) is 222 Å². The molecule has 0 atom stereocenters. The Morgan fingerprint density at radius 2 is 0.579 bits per heavy atom. The Morgan fingerprint density at radius 1 is 0.333 bits per heavy atom. The monoisotopic (exact) mass is 878 g/mol. The van der Waals surface area contributed by atoms with Gasteiger partial charge in [-0.15, -0.1) is 69.1 Å². The molecule has 57 heavy (non-hydrogen) atoms. The van der Waals surface area contributed by atoms with Crippen molar-refractivity contribution >= 4 is 38.6 Å². The molecule has 0 nitrogen and oxygen atoms in total. The molecular formula is C54H70Cl2Zr. The van der Waals surface area contributed by atoms with Gasteiger partial charge in [-0.05, 0) is 54.7 Å². The third-order valence-corrected chi connectivity index (χ3v) is 11.1. The van der Waals surface area contributed by atoms with Gasteiger partial charge in [-0.1, -0.05) is 208 Å². The number of fused-ring (bicyclic) bond motifs is 2. The summed E-state index contributed by atoms with van der Waals surface area (Å²) in [4.78, 5) is 0. The molecule has 304 valence electrons. The predicted octanol–water partition coefficient (Wildman–Crippen LogP) is 17.6. The zero-order chi connectivity index (χ0) is 43.1. The Hall–Kier alpha value is -2.44. The molecule has 0 aliphatic rings. The number of benzene rings is 4. The molecule has 0 saturated carbocycles. The van der Waals surface area contributed by atoms with Gasteiger partial charge in [0.25, 0.3) is 0 Å². The van der Waals surface area contributed by atoms with E-state index in [0.29, 0.717) is 0 Å². The maximum absolute atomic E-state index is 4.93. The Morgan fingerprint density at radius 3 is 0.807 bits per heavy atom. The van der Waals surface area contributed by atoms with Crippen molar-refractivity contribution in [3.63, 3.8) is 0 Å². The second-order valence-electron chi connectivity index (χ2n) is 22.3. The number of hydrogen-bond donors (Lipinski definition) is 0. The molecule has 0 aliphatic heterocycles. The van der Waals surface area contributed by atoms with Gasteiger partial charge in [-0.25, -0.2) is 0 Å². The second kappa shape index (κ2) is 17.3. The summed E-state index contributed by atoms with van der Waals surface area (Å²) in [5.74, 6) is 0. The van der Waals surface area contributed by atoms with Crippen molar-refractivity contribution in [2.75, 3.05) is 0 Å². The van der Waals surface area contributed by atoms with Crippen LogP contribution in [-0.2, 0) is 53.3 Å². The standard InChI is InChI=1S/2C27H35.2ClH.Zr/c2*1-25(2,3)22-11-10-18-12-19(13-20(18)14-22)21-15-23(26(4,5)6)17-24(16-21)27(7,8)9;;;/h2*10-17H,1-9H3;2*1H;/q2*-1;;;+4/p-2. The van der Waals surface area contributed by atoms with Crippen LogP contribution in [0.15, 0.2) is 97.1 Å². The first kappa shape index (κ1) is 47.2. The van der Waals surface area contributed by atoms with Gasteiger partial charge in [0.05, 0.1) is 0 Å². The van der Waals surface area contributed by atoms with Gasteiger partial charge in [-0.3, -0.25) is 0 Å². The minimum absolute atomic E-state index is 0.140. The molecule has 0 amide bonds. The van der Waals surface area contributed by atoms with Crippen molar-refractivity contribution in [2.24, 2.45) is 0 Å². The van der Waals surface area contributed by atoms with E-state index in [1.165, 1.54) is 77.2 Å². The molecule has 0 radical (unpaired) electrons. The van der Waals surface area contributed by atoms with Gasteiger partial charge in [0.2, 0.25) is 0 Å². The molecule has 6 rings (SSSR count). The molecule has 6 aromatic rings. The van der Waals surface area contributed by atoms with Crippen molar-refractivity contribution in [2.45, 2.75) is 157 Å². The summed E-state index contributed by atoms with van der Waals surface area (Å²) in [6.45, 7) is 41.3. The van der Waals surface area contributed by atoms with Crippen LogP contribution in [0.25, 0.3) is 43.8 Å². The van der Waals surface area contributed by atoms with Crippen LogP contribution in [0.3, 0.4) is 0 Å². The summed E-state index contributed by atoms with van der Waals surface area (Å²) >= 11 is -0.826. The molecule has 0 spiro atoms. The van der Waals surface area contributed by atoms with Gasteiger partial charge in [0.1, 0.15) is 0 Å². The molecule has 0 bridgehead atoms. The van der Waals surface area contributed by atoms with E-state index in [9.17, 15) is 0 Å². The molecule has 3 heteroatoms. The van der Waals surface area contributed by atoms with E-state index < -0.39 is 20.8 Å². The molecule has 0 saturated heterocycles. The zero-order valence-electron chi connectivity index (χ0n) is 38.5. The van der Waals surface area contributed by atoms with Crippen molar-refractivity contribution in [1.29, 1.82) is 0 Å². The average Bonchev–Trinajstić information content (AvgIpc) is 3.70. The predicted molar refractivity (Wildman–Crippen MR) is 254 cm³/mol. The van der Waals surface area contributed by atoms with Crippen LogP contribution in [-0.4, -0.2) is 0 Å². The molecule has 6 aromatic carbocycles. The second-order valence-corrected chi connectivity index (χ2v) is 26.1. The molecule has 0 aliphatic carbocycles. The zero-order valence-corrected chi connectivity index (χ0v) is 42.5. The molecule has 0 unspecified atom stereocenters. The Bertz CT molecular complexity index is 2060. The fraction of sp³-hybridized carbons (Fsp3) is 0.444. The van der Waals surface area contributed by atoms with Crippen molar-refractivity contribution < 1.29 is 20.8 Å². The van der Waals surface area contributed by atoms with Crippen molar-refractivity contribution in [1.82, 2.24) is 0 Å². The van der Waals surface area contributed by atoms with E-state index in [-0.39, 0.29) is 32.5 Å². The number of rotatable bonds is 2. The van der Waals surface area contributed by atoms with E-state index >= 15 is 0 Å². The molecule has 0 heterocycles. The summed E-state index contributed by atoms with van der Waals surface area (Å²) in [6.07, 6.45) is 0. The molecule has 0 N–H and O–H groups in total. The normalized spacial score (nSPS) is 12.8. The van der Waals surface area contributed by atoms with Gasteiger partial charge >= 0.3 is 37.9 Å². The van der Waals surface area contributed by atoms with Gasteiger partial charge in [0.15, 0.2) is 0 Å². The van der Waals surface area contributed by atoms with Crippen LogP contribution in [0.5, 0.6) is 0 Å². The quantitative estimate of drug-likeness (QED) is 0.152. The Labute approximate surface area is 366 Å². The number of halogens is 2. The summed E-state index contributed by atoms with van der Waals surface area (Å²) < 4.78 is 0. The van der Waals surface area contributed by atoms with E-state index in [4.69, 9.17) is 17.0 Å².